The highest BCUT2D eigenvalue weighted by Crippen LogP contribution is 2.39. The van der Waals surface area contributed by atoms with Crippen LogP contribution in [-0.2, 0) is 27.5 Å². The SMILES string of the molecule is CCCOCc1ccccc1CNC(=O)CN1C(C(=O)O)CC2CCCCC21. The summed E-state index contributed by atoms with van der Waals surface area (Å²) >= 11 is 0. The first-order chi connectivity index (χ1) is 13.6. The van der Waals surface area contributed by atoms with Crippen LogP contribution in [0, 0.1) is 5.92 Å². The van der Waals surface area contributed by atoms with Gasteiger partial charge in [0.25, 0.3) is 0 Å². The van der Waals surface area contributed by atoms with Crippen molar-refractivity contribution in [2.45, 2.75) is 70.7 Å². The zero-order chi connectivity index (χ0) is 19.9. The van der Waals surface area contributed by atoms with Crippen LogP contribution in [0.4, 0.5) is 0 Å². The van der Waals surface area contributed by atoms with E-state index in [2.05, 4.69) is 12.2 Å². The zero-order valence-electron chi connectivity index (χ0n) is 16.7. The van der Waals surface area contributed by atoms with Crippen molar-refractivity contribution in [1.29, 1.82) is 0 Å². The summed E-state index contributed by atoms with van der Waals surface area (Å²) in [6.45, 7) is 3.92. The van der Waals surface area contributed by atoms with Crippen LogP contribution in [0.2, 0.25) is 0 Å². The standard InChI is InChI=1S/C22H32N2O4/c1-2-11-28-15-18-9-4-3-8-17(18)13-23-21(25)14-24-19-10-6-5-7-16(19)12-20(24)22(26)27/h3-4,8-9,16,19-20H,2,5-7,10-15H2,1H3,(H,23,25)(H,26,27). The van der Waals surface area contributed by atoms with Gasteiger partial charge in [0.15, 0.2) is 0 Å². The lowest BCUT2D eigenvalue weighted by Gasteiger charge is -2.32. The molecule has 1 saturated carbocycles. The van der Waals surface area contributed by atoms with Crippen LogP contribution >= 0.6 is 0 Å². The molecule has 0 aromatic heterocycles. The molecule has 3 atom stereocenters. The minimum absolute atomic E-state index is 0.109. The third-order valence-corrected chi connectivity index (χ3v) is 6.03. The minimum Gasteiger partial charge on any atom is -0.480 e. The second-order valence-electron chi connectivity index (χ2n) is 7.97. The molecule has 0 bridgehead atoms. The molecule has 2 aliphatic rings. The van der Waals surface area contributed by atoms with Gasteiger partial charge >= 0.3 is 5.97 Å². The number of benzene rings is 1. The van der Waals surface area contributed by atoms with Crippen molar-refractivity contribution in [2.75, 3.05) is 13.2 Å². The van der Waals surface area contributed by atoms with Gasteiger partial charge < -0.3 is 15.2 Å². The number of fused-ring (bicyclic) bond motifs is 1. The number of carboxylic acid groups (broad SMARTS) is 1. The van der Waals surface area contributed by atoms with Gasteiger partial charge in [-0.05, 0) is 42.7 Å². The van der Waals surface area contributed by atoms with Crippen LogP contribution < -0.4 is 5.32 Å². The van der Waals surface area contributed by atoms with E-state index in [-0.39, 0.29) is 18.5 Å². The van der Waals surface area contributed by atoms with Crippen molar-refractivity contribution < 1.29 is 19.4 Å². The zero-order valence-corrected chi connectivity index (χ0v) is 16.7. The Balaban J connectivity index is 1.57. The number of nitrogens with zero attached hydrogens (tertiary/aromatic N) is 1. The number of carbonyl (C=O) groups is 2. The maximum atomic E-state index is 12.6. The molecule has 6 nitrogen and oxygen atoms in total. The lowest BCUT2D eigenvalue weighted by molar-refractivity contribution is -0.143. The Bertz CT molecular complexity index is 678. The highest BCUT2D eigenvalue weighted by atomic mass is 16.5. The van der Waals surface area contributed by atoms with Crippen LogP contribution in [0.15, 0.2) is 24.3 Å². The fourth-order valence-corrected chi connectivity index (χ4v) is 4.64. The van der Waals surface area contributed by atoms with Gasteiger partial charge in [-0.2, -0.15) is 0 Å². The molecule has 154 valence electrons. The fourth-order valence-electron chi connectivity index (χ4n) is 4.64. The first kappa shape index (κ1) is 20.8. The maximum absolute atomic E-state index is 12.6. The van der Waals surface area contributed by atoms with Crippen LogP contribution in [0.5, 0.6) is 0 Å². The Kier molecular flexibility index (Phi) is 7.45. The summed E-state index contributed by atoms with van der Waals surface area (Å²) in [5.74, 6) is -0.499. The van der Waals surface area contributed by atoms with Crippen molar-refractivity contribution in [3.63, 3.8) is 0 Å². The third kappa shape index (κ3) is 5.11. The van der Waals surface area contributed by atoms with Crippen molar-refractivity contribution in [1.82, 2.24) is 10.2 Å². The molecule has 2 N–H and O–H groups in total. The number of nitrogens with one attached hydrogen (secondary N) is 1. The molecule has 1 heterocycles. The molecule has 1 aliphatic heterocycles. The summed E-state index contributed by atoms with van der Waals surface area (Å²) in [6.07, 6.45) is 6.02. The van der Waals surface area contributed by atoms with E-state index < -0.39 is 12.0 Å². The molecular formula is C22H32N2O4. The molecule has 0 radical (unpaired) electrons. The normalized spacial score (nSPS) is 24.7. The third-order valence-electron chi connectivity index (χ3n) is 6.03. The molecule has 1 aliphatic carbocycles. The predicted molar refractivity (Wildman–Crippen MR) is 107 cm³/mol. The summed E-state index contributed by atoms with van der Waals surface area (Å²) in [6, 6.07) is 7.64. The van der Waals surface area contributed by atoms with Crippen molar-refractivity contribution >= 4 is 11.9 Å². The summed E-state index contributed by atoms with van der Waals surface area (Å²) in [4.78, 5) is 26.2. The molecule has 1 aromatic rings. The van der Waals surface area contributed by atoms with Crippen molar-refractivity contribution in [2.24, 2.45) is 5.92 Å². The average Bonchev–Trinajstić information content (AvgIpc) is 3.06. The molecule has 1 aromatic carbocycles. The summed E-state index contributed by atoms with van der Waals surface area (Å²) < 4.78 is 5.64. The number of hydrogen-bond acceptors (Lipinski definition) is 4. The Hall–Kier alpha value is -1.92. The van der Waals surface area contributed by atoms with E-state index in [1.807, 2.05) is 29.2 Å². The van der Waals surface area contributed by atoms with Crippen LogP contribution in [0.3, 0.4) is 0 Å². The molecule has 6 heteroatoms. The molecule has 3 unspecified atom stereocenters. The molecule has 1 saturated heterocycles. The van der Waals surface area contributed by atoms with Gasteiger partial charge in [-0.15, -0.1) is 0 Å². The monoisotopic (exact) mass is 388 g/mol. The first-order valence-electron chi connectivity index (χ1n) is 10.5. The highest BCUT2D eigenvalue weighted by Gasteiger charge is 2.45. The van der Waals surface area contributed by atoms with E-state index in [0.717, 1.165) is 43.4 Å². The van der Waals surface area contributed by atoms with E-state index in [9.17, 15) is 14.7 Å². The number of carbonyl (C=O) groups excluding carboxylic acids is 1. The molecular weight excluding hydrogens is 356 g/mol. The molecule has 0 spiro atoms. The number of amides is 1. The van der Waals surface area contributed by atoms with E-state index in [1.165, 1.54) is 6.42 Å². The van der Waals surface area contributed by atoms with Crippen LogP contribution in [-0.4, -0.2) is 47.1 Å². The predicted octanol–water partition coefficient (Wildman–Crippen LogP) is 2.95. The Morgan fingerprint density at radius 1 is 1.21 bits per heavy atom. The minimum atomic E-state index is -0.805. The smallest absolute Gasteiger partial charge is 0.320 e. The van der Waals surface area contributed by atoms with Gasteiger partial charge in [0.2, 0.25) is 5.91 Å². The number of ether oxygens (including phenoxy) is 1. The summed E-state index contributed by atoms with van der Waals surface area (Å²) in [5.41, 5.74) is 2.12. The van der Waals surface area contributed by atoms with E-state index in [1.54, 1.807) is 0 Å². The Labute approximate surface area is 167 Å². The number of carboxylic acids is 1. The van der Waals surface area contributed by atoms with Gasteiger partial charge in [0, 0.05) is 19.2 Å². The lowest BCUT2D eigenvalue weighted by atomic mass is 9.85. The number of hydrogen-bond donors (Lipinski definition) is 2. The van der Waals surface area contributed by atoms with Crippen molar-refractivity contribution in [3.8, 4) is 0 Å². The molecule has 28 heavy (non-hydrogen) atoms. The summed E-state index contributed by atoms with van der Waals surface area (Å²) in [5, 5.41) is 12.6. The molecule has 1 amide bonds. The maximum Gasteiger partial charge on any atom is 0.320 e. The second kappa shape index (κ2) is 10.0. The van der Waals surface area contributed by atoms with E-state index >= 15 is 0 Å². The van der Waals surface area contributed by atoms with Gasteiger partial charge in [-0.25, -0.2) is 0 Å². The van der Waals surface area contributed by atoms with Gasteiger partial charge in [0.05, 0.1) is 13.2 Å². The largest absolute Gasteiger partial charge is 0.480 e. The number of aliphatic carboxylic acids is 1. The van der Waals surface area contributed by atoms with Crippen LogP contribution in [0.1, 0.15) is 56.6 Å². The Morgan fingerprint density at radius 3 is 2.71 bits per heavy atom. The second-order valence-corrected chi connectivity index (χ2v) is 7.97. The van der Waals surface area contributed by atoms with Gasteiger partial charge in [-0.1, -0.05) is 44.0 Å². The highest BCUT2D eigenvalue weighted by molar-refractivity contribution is 5.80. The number of likely N-dealkylation sites (tertiary alicyclic amines) is 1. The number of rotatable bonds is 9. The quantitative estimate of drug-likeness (QED) is 0.636. The first-order valence-corrected chi connectivity index (χ1v) is 10.5. The van der Waals surface area contributed by atoms with Gasteiger partial charge in [0.1, 0.15) is 6.04 Å². The molecule has 3 rings (SSSR count). The molecule has 2 fully saturated rings. The fraction of sp³-hybridized carbons (Fsp3) is 0.636. The van der Waals surface area contributed by atoms with Crippen LogP contribution in [0.25, 0.3) is 0 Å². The van der Waals surface area contributed by atoms with E-state index in [0.29, 0.717) is 25.5 Å². The van der Waals surface area contributed by atoms with E-state index in [4.69, 9.17) is 4.74 Å². The average molecular weight is 389 g/mol. The van der Waals surface area contributed by atoms with Crippen molar-refractivity contribution in [3.05, 3.63) is 35.4 Å². The Morgan fingerprint density at radius 2 is 1.96 bits per heavy atom. The topological polar surface area (TPSA) is 78.9 Å². The van der Waals surface area contributed by atoms with Gasteiger partial charge in [-0.3, -0.25) is 14.5 Å². The lowest BCUT2D eigenvalue weighted by Crippen LogP contribution is -2.47. The summed E-state index contributed by atoms with van der Waals surface area (Å²) in [7, 11) is 0.